The van der Waals surface area contributed by atoms with Crippen molar-refractivity contribution in [2.24, 2.45) is 55.1 Å². The third-order valence-electron chi connectivity index (χ3n) is 24.8. The first-order valence-corrected chi connectivity index (χ1v) is 53.5. The highest BCUT2D eigenvalue weighted by Crippen LogP contribution is 2.46. The minimum absolute atomic E-state index is 0.0456. The van der Waals surface area contributed by atoms with E-state index in [9.17, 15) is 75.8 Å². The van der Waals surface area contributed by atoms with Gasteiger partial charge < -0.3 is 80.3 Å². The average molecular weight is 2310 g/mol. The summed E-state index contributed by atoms with van der Waals surface area (Å²) in [7, 11) is 0. The van der Waals surface area contributed by atoms with Gasteiger partial charge in [0.05, 0.1) is 116 Å². The highest BCUT2D eigenvalue weighted by Gasteiger charge is 2.36. The summed E-state index contributed by atoms with van der Waals surface area (Å²) in [4.78, 5) is 68.0. The third kappa shape index (κ3) is 32.0. The van der Waals surface area contributed by atoms with E-state index >= 15 is 0 Å². The zero-order chi connectivity index (χ0) is 108. The van der Waals surface area contributed by atoms with Crippen LogP contribution >= 0.6 is 145 Å². The van der Waals surface area contributed by atoms with Crippen molar-refractivity contribution in [1.29, 1.82) is 0 Å². The molecule has 10 heterocycles. The molecule has 5 aromatic carbocycles. The number of thiocarbonyl (C=S) groups is 5. The van der Waals surface area contributed by atoms with E-state index in [1.54, 1.807) is 50.6 Å². The summed E-state index contributed by atoms with van der Waals surface area (Å²) in [6.45, 7) is 18.5. The fourth-order valence-corrected chi connectivity index (χ4v) is 22.3. The molecular formula is C99H105BrClF6N15O16S10. The van der Waals surface area contributed by atoms with Crippen molar-refractivity contribution in [3.05, 3.63) is 196 Å². The fraction of sp³-hybridized carbons (Fsp3) is 0.343. The van der Waals surface area contributed by atoms with Crippen LogP contribution in [0.15, 0.2) is 172 Å². The Morgan fingerprint density at radius 3 is 0.791 bits per heavy atom. The number of rotatable bonds is 21. The molecule has 15 N–H and O–H groups in total. The summed E-state index contributed by atoms with van der Waals surface area (Å²) in [6.07, 6.45) is -3.76. The minimum Gasteiger partial charge on any atom is -0.506 e. The molecule has 0 spiro atoms. The largest absolute Gasteiger partial charge is 0.573 e. The van der Waals surface area contributed by atoms with Gasteiger partial charge in [-0.1, -0.05) is 82.1 Å². The zero-order valence-electron chi connectivity index (χ0n) is 80.4. The molecule has 0 bridgehead atoms. The number of carbonyl (C=O) groups is 5. The van der Waals surface area contributed by atoms with Gasteiger partial charge in [0, 0.05) is 102 Å². The van der Waals surface area contributed by atoms with Crippen LogP contribution in [0.25, 0.3) is 52.2 Å². The molecule has 5 fully saturated rings. The highest BCUT2D eigenvalue weighted by molar-refractivity contribution is 9.10. The van der Waals surface area contributed by atoms with Crippen LogP contribution in [0.3, 0.4) is 0 Å². The number of ether oxygens (including phenoxy) is 1. The Balaban J connectivity index is 0.000000176. The van der Waals surface area contributed by atoms with E-state index in [1.165, 1.54) is 104 Å². The molecule has 0 radical (unpaired) electrons. The monoisotopic (exact) mass is 2310 g/mol. The summed E-state index contributed by atoms with van der Waals surface area (Å²) in [6, 6.07) is 31.0. The fourth-order valence-electron chi connectivity index (χ4n) is 15.7. The number of hydrogen-bond donors (Lipinski definition) is 15. The number of aromatic hydroxyl groups is 5. The number of nitrogens with zero attached hydrogens (tertiary/aromatic N) is 10. The van der Waals surface area contributed by atoms with Crippen molar-refractivity contribution >= 4 is 229 Å². The lowest BCUT2D eigenvalue weighted by atomic mass is 9.97. The summed E-state index contributed by atoms with van der Waals surface area (Å²) >= 11 is 42.9. The SMILES string of the molecule is C/C(=N\NC(=S)N1CCC(C(=O)O)CC1)c1csc(-c2ccc(Br)cc2)c1O.C/C(=N\NC(=S)N1CCC(C(=O)O)CC1)c1csc(-c2ccc(C(F)(F)F)cc2)c1O.C/C(=N\NC(=S)N1CCC(C(=O)O)CC1)c1csc(-c2ccc(C)c(C)c2)c1O.C/C(=N\NC(=S)N1CCC(C(=O)O)CC1)c1csc(-c2ccc(Cl)cc2)c1O.C/C(=N\NC(=S)N1CCC(C(=O)O)CC1)c1csc(-c2ccc(OC(F)(F)F)cc2)c1O. The van der Waals surface area contributed by atoms with Crippen LogP contribution in [-0.4, -0.2) is 231 Å². The molecule has 49 heteroatoms. The molecule has 0 amide bonds. The maximum absolute atomic E-state index is 12.7. The van der Waals surface area contributed by atoms with Gasteiger partial charge in [0.25, 0.3) is 0 Å². The zero-order valence-corrected chi connectivity index (χ0v) is 90.9. The van der Waals surface area contributed by atoms with Crippen LogP contribution in [0.5, 0.6) is 34.5 Å². The van der Waals surface area contributed by atoms with E-state index < -0.39 is 47.9 Å². The number of carboxylic acid groups (broad SMARTS) is 5. The second-order valence-electron chi connectivity index (χ2n) is 34.7. The molecule has 5 saturated heterocycles. The van der Waals surface area contributed by atoms with E-state index in [4.69, 9.17) is 98.2 Å². The van der Waals surface area contributed by atoms with Crippen LogP contribution in [-0.2, 0) is 30.1 Å². The van der Waals surface area contributed by atoms with Crippen molar-refractivity contribution in [2.45, 2.75) is 125 Å². The van der Waals surface area contributed by atoms with Crippen molar-refractivity contribution in [1.82, 2.24) is 51.6 Å². The molecule has 148 heavy (non-hydrogen) atoms. The van der Waals surface area contributed by atoms with Crippen LogP contribution in [0.1, 0.15) is 143 Å². The smallest absolute Gasteiger partial charge is 0.506 e. The molecule has 0 aliphatic carbocycles. The Bertz CT molecular complexity index is 6450. The number of alkyl halides is 6. The molecule has 5 aromatic heterocycles. The maximum Gasteiger partial charge on any atom is 0.573 e. The number of aliphatic carboxylic acids is 5. The van der Waals surface area contributed by atoms with Gasteiger partial charge in [-0.05, 0) is 273 Å². The number of nitrogens with one attached hydrogen (secondary N) is 5. The second kappa shape index (κ2) is 53.4. The topological polar surface area (TPSA) is 435 Å². The molecule has 0 atom stereocenters. The third-order valence-corrected chi connectivity index (χ3v) is 32.5. The quantitative estimate of drug-likeness (QED) is 0.0137. The maximum atomic E-state index is 12.7. The Morgan fingerprint density at radius 1 is 0.351 bits per heavy atom. The van der Waals surface area contributed by atoms with Gasteiger partial charge >= 0.3 is 42.4 Å². The lowest BCUT2D eigenvalue weighted by Crippen LogP contribution is -2.44. The van der Waals surface area contributed by atoms with Crippen LogP contribution in [0, 0.1) is 43.4 Å². The number of hydrazone groups is 5. The Labute approximate surface area is 908 Å². The van der Waals surface area contributed by atoms with Crippen LogP contribution in [0.2, 0.25) is 5.02 Å². The number of likely N-dealkylation sites (tertiary alicyclic amines) is 5. The molecule has 10 aromatic rings. The first-order chi connectivity index (χ1) is 70.1. The molecule has 31 nitrogen and oxygen atoms in total. The van der Waals surface area contributed by atoms with E-state index in [2.05, 4.69) is 99.3 Å². The van der Waals surface area contributed by atoms with Gasteiger partial charge in [0.2, 0.25) is 0 Å². The molecule has 788 valence electrons. The molecule has 15 rings (SSSR count). The van der Waals surface area contributed by atoms with Gasteiger partial charge in [-0.15, -0.1) is 69.9 Å². The summed E-state index contributed by atoms with van der Waals surface area (Å²) < 4.78 is 80.0. The highest BCUT2D eigenvalue weighted by atomic mass is 79.9. The number of piperidine rings is 5. The Kier molecular flexibility index (Phi) is 41.9. The normalized spacial score (nSPS) is 15.5. The lowest BCUT2D eigenvalue weighted by Gasteiger charge is -2.31. The van der Waals surface area contributed by atoms with Crippen molar-refractivity contribution in [3.63, 3.8) is 0 Å². The predicted octanol–water partition coefficient (Wildman–Crippen LogP) is 21.5. The van der Waals surface area contributed by atoms with Crippen molar-refractivity contribution in [3.8, 4) is 86.7 Å². The number of thiophene rings is 5. The second-order valence-corrected chi connectivity index (χ2v) is 42.3. The minimum atomic E-state index is -4.77. The first-order valence-electron chi connectivity index (χ1n) is 45.9. The van der Waals surface area contributed by atoms with E-state index in [0.717, 1.165) is 47.9 Å². The number of hydrogen-bond acceptors (Lipinski definition) is 26. The van der Waals surface area contributed by atoms with Crippen molar-refractivity contribution < 1.29 is 106 Å². The molecular weight excluding hydrogens is 2210 g/mol. The number of aryl methyl sites for hydroxylation is 2. The van der Waals surface area contributed by atoms with E-state index in [1.807, 2.05) is 90.0 Å². The molecule has 5 aliphatic heterocycles. The van der Waals surface area contributed by atoms with Gasteiger partial charge in [0.1, 0.15) is 34.5 Å². The van der Waals surface area contributed by atoms with Crippen molar-refractivity contribution in [2.75, 3.05) is 65.4 Å². The van der Waals surface area contributed by atoms with Gasteiger partial charge in [-0.25, -0.2) is 0 Å². The van der Waals surface area contributed by atoms with Crippen LogP contribution in [0.4, 0.5) is 26.3 Å². The molecule has 0 unspecified atom stereocenters. The van der Waals surface area contributed by atoms with Crippen LogP contribution < -0.4 is 31.9 Å². The van der Waals surface area contributed by atoms with Gasteiger partial charge in [0.15, 0.2) is 25.6 Å². The number of carboxylic acids is 5. The lowest BCUT2D eigenvalue weighted by molar-refractivity contribution is -0.274. The summed E-state index contributed by atoms with van der Waals surface area (Å²) in [5.74, 6) is -5.37. The van der Waals surface area contributed by atoms with Gasteiger partial charge in [-0.3, -0.25) is 51.1 Å². The van der Waals surface area contributed by atoms with E-state index in [-0.39, 0.29) is 64.1 Å². The Morgan fingerprint density at radius 2 is 0.568 bits per heavy atom. The molecule has 0 saturated carbocycles. The number of benzene rings is 5. The molecule has 5 aliphatic rings. The van der Waals surface area contributed by atoms with Gasteiger partial charge in [-0.2, -0.15) is 38.7 Å². The standard InChI is InChI=1S/C21H25N3O3S2.C20H20F3N3O4S2.C20H20F3N3O3S2.C19H20BrN3O3S2.C19H20ClN3O3S2/c1-12-4-5-16(10-13(12)2)19-18(25)17(11-29-19)14(3)22-23-21(28)24-8-6-15(7-9-24)20(26)27;1-11(24-25-19(31)26-8-6-13(7-9-26)18(28)29)15-10-32-17(16(15)27)12-2-4-14(5-3-12)30-20(21,22)23;1-11(24-25-19(30)26-8-6-13(7-9-26)18(28)29)15-10-31-17(16(15)27)12-2-4-14(5-3-12)20(21,22)23;2*1-11(21-22-19(27)23-8-6-13(7-9-23)18(25)26)15-10-28-17(16(15)24)12-2-4-14(20)5-3-12/h4-5,10-11,15,25H,6-9H2,1-3H3,(H,23,28)(H,26,27);2-5,10,13,27H,6-9H2,1H3,(H,25,31)(H,28,29);2-5,10,13,27H,6-9H2,1H3,(H,25,30)(H,28,29);2*2-5,10,13,24H,6-9H2,1H3,(H,22,27)(H,25,26)/b22-14+;2*24-11+;2*21-11+. The Hall–Kier alpha value is -12.1. The summed E-state index contributed by atoms with van der Waals surface area (Å²) in [5.41, 5.74) is 25.2. The number of halogens is 8. The van der Waals surface area contributed by atoms with E-state index in [0.29, 0.717) is 237 Å². The summed E-state index contributed by atoms with van der Waals surface area (Å²) in [5, 5.41) is 132. The average Bonchev–Trinajstić information content (AvgIpc) is 1.64. The first kappa shape index (κ1) is 116. The predicted molar refractivity (Wildman–Crippen MR) is 590 cm³/mol.